The Morgan fingerprint density at radius 3 is 2.71 bits per heavy atom. The zero-order chi connectivity index (χ0) is 10.2. The number of sulfonamides is 1. The molecule has 0 bridgehead atoms. The van der Waals surface area contributed by atoms with Crippen molar-refractivity contribution in [2.24, 2.45) is 0 Å². The summed E-state index contributed by atoms with van der Waals surface area (Å²) in [5, 5.41) is 8.84. The first-order valence-electron chi connectivity index (χ1n) is 4.85. The Hall–Kier alpha value is -0.170. The van der Waals surface area contributed by atoms with Crippen molar-refractivity contribution in [1.29, 1.82) is 0 Å². The third-order valence-electron chi connectivity index (χ3n) is 2.66. The number of morpholine rings is 1. The average Bonchev–Trinajstić information content (AvgIpc) is 3.01. The molecule has 1 aliphatic carbocycles. The molecule has 1 aliphatic heterocycles. The number of hydrogen-bond acceptors (Lipinski definition) is 4. The zero-order valence-electron chi connectivity index (χ0n) is 7.92. The highest BCUT2D eigenvalue weighted by atomic mass is 32.2. The SMILES string of the molecule is O=S(=O)(C1CC1)N1CCOCC1CO. The van der Waals surface area contributed by atoms with E-state index < -0.39 is 10.0 Å². The quantitative estimate of drug-likeness (QED) is 0.675. The molecule has 0 aromatic rings. The minimum Gasteiger partial charge on any atom is -0.395 e. The van der Waals surface area contributed by atoms with Crippen molar-refractivity contribution in [2.75, 3.05) is 26.4 Å². The van der Waals surface area contributed by atoms with Crippen LogP contribution in [0.3, 0.4) is 0 Å². The highest BCUT2D eigenvalue weighted by molar-refractivity contribution is 7.90. The summed E-state index contributed by atoms with van der Waals surface area (Å²) < 4.78 is 30.3. The van der Waals surface area contributed by atoms with Gasteiger partial charge in [-0.25, -0.2) is 8.42 Å². The van der Waals surface area contributed by atoms with Gasteiger partial charge in [0.1, 0.15) is 0 Å². The van der Waals surface area contributed by atoms with E-state index in [1.165, 1.54) is 4.31 Å². The summed E-state index contributed by atoms with van der Waals surface area (Å²) in [6, 6.07) is -0.380. The number of nitrogens with zero attached hydrogens (tertiary/aromatic N) is 1. The molecule has 2 fully saturated rings. The maximum Gasteiger partial charge on any atom is 0.217 e. The number of aliphatic hydroxyl groups excluding tert-OH is 1. The van der Waals surface area contributed by atoms with Crippen LogP contribution in [0.25, 0.3) is 0 Å². The summed E-state index contributed by atoms with van der Waals surface area (Å²) in [6.07, 6.45) is 1.52. The molecule has 0 radical (unpaired) electrons. The second kappa shape index (κ2) is 3.77. The Kier molecular flexibility index (Phi) is 2.79. The van der Waals surface area contributed by atoms with E-state index in [1.807, 2.05) is 0 Å². The van der Waals surface area contributed by atoms with E-state index in [9.17, 15) is 8.42 Å². The second-order valence-corrected chi connectivity index (χ2v) is 5.93. The molecule has 0 amide bonds. The highest BCUT2D eigenvalue weighted by Gasteiger charge is 2.43. The lowest BCUT2D eigenvalue weighted by molar-refractivity contribution is 0.0108. The van der Waals surface area contributed by atoms with Crippen LogP contribution in [0.4, 0.5) is 0 Å². The first-order valence-corrected chi connectivity index (χ1v) is 6.36. The van der Waals surface area contributed by atoms with E-state index in [2.05, 4.69) is 0 Å². The van der Waals surface area contributed by atoms with Crippen LogP contribution in [0.1, 0.15) is 12.8 Å². The number of hydrogen-bond donors (Lipinski definition) is 1. The average molecular weight is 221 g/mol. The van der Waals surface area contributed by atoms with Gasteiger partial charge < -0.3 is 9.84 Å². The molecule has 0 aromatic heterocycles. The summed E-state index contributed by atoms with van der Waals surface area (Å²) in [6.45, 7) is 0.959. The van der Waals surface area contributed by atoms with Gasteiger partial charge in [-0.15, -0.1) is 0 Å². The molecule has 0 spiro atoms. The van der Waals surface area contributed by atoms with Crippen LogP contribution >= 0.6 is 0 Å². The maximum atomic E-state index is 11.9. The smallest absolute Gasteiger partial charge is 0.217 e. The van der Waals surface area contributed by atoms with Crippen LogP contribution in [-0.4, -0.2) is 55.5 Å². The lowest BCUT2D eigenvalue weighted by Crippen LogP contribution is -2.51. The molecule has 82 valence electrons. The summed E-state index contributed by atoms with van der Waals surface area (Å²) >= 11 is 0. The van der Waals surface area contributed by atoms with E-state index in [-0.39, 0.29) is 17.9 Å². The third-order valence-corrected chi connectivity index (χ3v) is 5.11. The fraction of sp³-hybridized carbons (Fsp3) is 1.00. The minimum absolute atomic E-state index is 0.161. The van der Waals surface area contributed by atoms with Gasteiger partial charge in [-0.1, -0.05) is 0 Å². The first kappa shape index (κ1) is 10.4. The van der Waals surface area contributed by atoms with E-state index in [1.54, 1.807) is 0 Å². The fourth-order valence-corrected chi connectivity index (χ4v) is 3.66. The molecule has 1 N–H and O–H groups in total. The molecule has 1 atom stereocenters. The molecule has 1 saturated carbocycles. The normalized spacial score (nSPS) is 30.5. The van der Waals surface area contributed by atoms with Crippen molar-refractivity contribution in [2.45, 2.75) is 24.1 Å². The van der Waals surface area contributed by atoms with Crippen molar-refractivity contribution in [3.63, 3.8) is 0 Å². The van der Waals surface area contributed by atoms with Crippen molar-refractivity contribution >= 4 is 10.0 Å². The highest BCUT2D eigenvalue weighted by Crippen LogP contribution is 2.32. The summed E-state index contributed by atoms with van der Waals surface area (Å²) in [5.41, 5.74) is 0. The number of rotatable bonds is 3. The molecule has 2 aliphatic rings. The Labute approximate surface area is 83.7 Å². The second-order valence-electron chi connectivity index (χ2n) is 3.77. The van der Waals surface area contributed by atoms with Crippen LogP contribution < -0.4 is 0 Å². The van der Waals surface area contributed by atoms with Crippen molar-refractivity contribution < 1.29 is 18.3 Å². The van der Waals surface area contributed by atoms with E-state index >= 15 is 0 Å². The topological polar surface area (TPSA) is 66.8 Å². The standard InChI is InChI=1S/C8H15NO4S/c10-5-7-6-13-4-3-9(7)14(11,12)8-1-2-8/h7-8,10H,1-6H2. The molecule has 6 heteroatoms. The van der Waals surface area contributed by atoms with Gasteiger partial charge in [0, 0.05) is 6.54 Å². The molecule has 0 aromatic carbocycles. The molecule has 1 unspecified atom stereocenters. The van der Waals surface area contributed by atoms with E-state index in [0.717, 1.165) is 12.8 Å². The molecule has 1 saturated heterocycles. The van der Waals surface area contributed by atoms with Gasteiger partial charge in [0.15, 0.2) is 0 Å². The van der Waals surface area contributed by atoms with Crippen LogP contribution in [-0.2, 0) is 14.8 Å². The Bertz CT molecular complexity index is 298. The predicted octanol–water partition coefficient (Wildman–Crippen LogP) is -0.828. The van der Waals surface area contributed by atoms with E-state index in [0.29, 0.717) is 19.8 Å². The Morgan fingerprint density at radius 1 is 1.43 bits per heavy atom. The van der Waals surface area contributed by atoms with E-state index in [4.69, 9.17) is 9.84 Å². The zero-order valence-corrected chi connectivity index (χ0v) is 8.74. The van der Waals surface area contributed by atoms with Crippen LogP contribution in [0, 0.1) is 0 Å². The monoisotopic (exact) mass is 221 g/mol. The van der Waals surface area contributed by atoms with Gasteiger partial charge in [0.05, 0.1) is 31.1 Å². The van der Waals surface area contributed by atoms with Crippen molar-refractivity contribution in [3.8, 4) is 0 Å². The van der Waals surface area contributed by atoms with Gasteiger partial charge in [-0.3, -0.25) is 0 Å². The van der Waals surface area contributed by atoms with Gasteiger partial charge in [0.2, 0.25) is 10.0 Å². The van der Waals surface area contributed by atoms with Crippen LogP contribution in [0.5, 0.6) is 0 Å². The molecule has 14 heavy (non-hydrogen) atoms. The van der Waals surface area contributed by atoms with Crippen molar-refractivity contribution in [3.05, 3.63) is 0 Å². The van der Waals surface area contributed by atoms with Gasteiger partial charge in [0.25, 0.3) is 0 Å². The fourth-order valence-electron chi connectivity index (χ4n) is 1.68. The van der Waals surface area contributed by atoms with Gasteiger partial charge in [-0.2, -0.15) is 4.31 Å². The molecule has 5 nitrogen and oxygen atoms in total. The number of ether oxygens (including phenoxy) is 1. The van der Waals surface area contributed by atoms with Crippen LogP contribution in [0.15, 0.2) is 0 Å². The minimum atomic E-state index is -3.16. The maximum absolute atomic E-state index is 11.9. The molecule has 1 heterocycles. The van der Waals surface area contributed by atoms with Gasteiger partial charge in [-0.05, 0) is 12.8 Å². The summed E-state index contributed by atoms with van der Waals surface area (Å²) in [7, 11) is -3.16. The summed E-state index contributed by atoms with van der Waals surface area (Å²) in [4.78, 5) is 0. The van der Waals surface area contributed by atoms with Crippen molar-refractivity contribution in [1.82, 2.24) is 4.31 Å². The Balaban J connectivity index is 2.13. The molecular weight excluding hydrogens is 206 g/mol. The lowest BCUT2D eigenvalue weighted by Gasteiger charge is -2.33. The Morgan fingerprint density at radius 2 is 2.14 bits per heavy atom. The van der Waals surface area contributed by atoms with Gasteiger partial charge >= 0.3 is 0 Å². The molecular formula is C8H15NO4S. The first-order chi connectivity index (χ1) is 6.66. The molecule has 2 rings (SSSR count). The largest absolute Gasteiger partial charge is 0.395 e. The summed E-state index contributed by atoms with van der Waals surface area (Å²) in [5.74, 6) is 0. The third kappa shape index (κ3) is 1.79. The van der Waals surface area contributed by atoms with Crippen LogP contribution in [0.2, 0.25) is 0 Å². The predicted molar refractivity (Wildman–Crippen MR) is 50.3 cm³/mol. The lowest BCUT2D eigenvalue weighted by atomic mass is 10.3. The number of aliphatic hydroxyl groups is 1.